The SMILES string of the molecule is COC(=O)CCC(=O)CC(=O)SCCNC(=O)CCNC(=O)[C@@H]1OC(CC(O)CC(C)O)OCC1(C)C. The highest BCUT2D eigenvalue weighted by atomic mass is 32.2. The van der Waals surface area contributed by atoms with Crippen LogP contribution in [0.2, 0.25) is 0 Å². The van der Waals surface area contributed by atoms with E-state index in [-0.39, 0.29) is 80.8 Å². The number of aliphatic hydroxyl groups is 2. The van der Waals surface area contributed by atoms with E-state index in [4.69, 9.17) is 9.47 Å². The number of ether oxygens (including phenoxy) is 3. The minimum Gasteiger partial charge on any atom is -0.469 e. The molecule has 0 saturated carbocycles. The van der Waals surface area contributed by atoms with Gasteiger partial charge in [0.05, 0.1) is 38.8 Å². The van der Waals surface area contributed by atoms with Crippen molar-refractivity contribution in [3.05, 3.63) is 0 Å². The Morgan fingerprint density at radius 1 is 1.08 bits per heavy atom. The van der Waals surface area contributed by atoms with E-state index in [1.165, 1.54) is 7.11 Å². The van der Waals surface area contributed by atoms with E-state index >= 15 is 0 Å². The maximum absolute atomic E-state index is 12.7. The Hall–Kier alpha value is -2.06. The van der Waals surface area contributed by atoms with Crippen molar-refractivity contribution in [3.63, 3.8) is 0 Å². The third kappa shape index (κ3) is 13.9. The number of esters is 1. The summed E-state index contributed by atoms with van der Waals surface area (Å²) >= 11 is 0.921. The maximum Gasteiger partial charge on any atom is 0.305 e. The van der Waals surface area contributed by atoms with Gasteiger partial charge in [0.25, 0.3) is 0 Å². The van der Waals surface area contributed by atoms with Crippen LogP contribution in [-0.2, 0) is 38.2 Å². The smallest absolute Gasteiger partial charge is 0.305 e. The van der Waals surface area contributed by atoms with Crippen molar-refractivity contribution in [1.29, 1.82) is 0 Å². The summed E-state index contributed by atoms with van der Waals surface area (Å²) in [5, 5.41) is 24.4. The molecule has 37 heavy (non-hydrogen) atoms. The van der Waals surface area contributed by atoms with Gasteiger partial charge in [-0.25, -0.2) is 0 Å². The number of aliphatic hydroxyl groups excluding tert-OH is 2. The van der Waals surface area contributed by atoms with Gasteiger partial charge in [0.1, 0.15) is 11.9 Å². The first-order chi connectivity index (χ1) is 17.3. The highest BCUT2D eigenvalue weighted by Crippen LogP contribution is 2.32. The summed E-state index contributed by atoms with van der Waals surface area (Å²) in [6.07, 6.45) is -3.23. The Bertz CT molecular complexity index is 789. The number of carbonyl (C=O) groups excluding carboxylic acids is 5. The van der Waals surface area contributed by atoms with Gasteiger partial charge in [0, 0.05) is 43.5 Å². The first kappa shape index (κ1) is 33.0. The van der Waals surface area contributed by atoms with Gasteiger partial charge in [-0.15, -0.1) is 0 Å². The molecule has 1 aliphatic heterocycles. The van der Waals surface area contributed by atoms with Gasteiger partial charge >= 0.3 is 5.97 Å². The topological polar surface area (TPSA) is 178 Å². The van der Waals surface area contributed by atoms with Gasteiger partial charge in [0.15, 0.2) is 11.4 Å². The zero-order valence-corrected chi connectivity index (χ0v) is 22.8. The van der Waals surface area contributed by atoms with Crippen LogP contribution in [0.25, 0.3) is 0 Å². The van der Waals surface area contributed by atoms with Gasteiger partial charge in [-0.05, 0) is 13.3 Å². The lowest BCUT2D eigenvalue weighted by atomic mass is 9.85. The van der Waals surface area contributed by atoms with Crippen LogP contribution in [0.4, 0.5) is 0 Å². The molecule has 1 rings (SSSR count). The molecule has 0 aliphatic carbocycles. The van der Waals surface area contributed by atoms with Crippen LogP contribution in [-0.4, -0.2) is 96.1 Å². The van der Waals surface area contributed by atoms with Crippen molar-refractivity contribution in [1.82, 2.24) is 10.6 Å². The summed E-state index contributed by atoms with van der Waals surface area (Å²) in [7, 11) is 1.22. The van der Waals surface area contributed by atoms with Crippen LogP contribution in [0.15, 0.2) is 0 Å². The molecule has 0 aromatic rings. The molecule has 1 saturated heterocycles. The molecule has 12 nitrogen and oxygen atoms in total. The Balaban J connectivity index is 2.28. The number of rotatable bonds is 16. The molecular formula is C24H40N2O10S. The van der Waals surface area contributed by atoms with Crippen LogP contribution < -0.4 is 10.6 Å². The van der Waals surface area contributed by atoms with Gasteiger partial charge in [-0.3, -0.25) is 24.0 Å². The second kappa shape index (κ2) is 16.7. The number of hydrogen-bond donors (Lipinski definition) is 4. The number of ketones is 1. The summed E-state index contributed by atoms with van der Waals surface area (Å²) in [6.45, 7) is 5.74. The molecule has 3 unspecified atom stereocenters. The number of Topliss-reactive ketones (excluding diaryl/α,β-unsaturated/α-hetero) is 1. The molecule has 0 spiro atoms. The van der Waals surface area contributed by atoms with Crippen molar-refractivity contribution in [2.75, 3.05) is 32.6 Å². The van der Waals surface area contributed by atoms with E-state index < -0.39 is 41.9 Å². The molecule has 1 fully saturated rings. The quantitative estimate of drug-likeness (QED) is 0.117. The predicted molar refractivity (Wildman–Crippen MR) is 134 cm³/mol. The third-order valence-corrected chi connectivity index (χ3v) is 6.34. The number of nitrogens with one attached hydrogen (secondary N) is 2. The van der Waals surface area contributed by atoms with Crippen molar-refractivity contribution in [2.45, 2.75) is 83.9 Å². The van der Waals surface area contributed by atoms with Crippen LogP contribution in [0.3, 0.4) is 0 Å². The van der Waals surface area contributed by atoms with E-state index in [2.05, 4.69) is 15.4 Å². The zero-order chi connectivity index (χ0) is 28.0. The number of methoxy groups -OCH3 is 1. The highest BCUT2D eigenvalue weighted by Gasteiger charge is 2.43. The van der Waals surface area contributed by atoms with Crippen molar-refractivity contribution in [3.8, 4) is 0 Å². The number of hydrogen-bond acceptors (Lipinski definition) is 11. The zero-order valence-electron chi connectivity index (χ0n) is 21.9. The number of thioether (sulfide) groups is 1. The molecule has 212 valence electrons. The van der Waals surface area contributed by atoms with Gasteiger partial charge < -0.3 is 35.1 Å². The number of amides is 2. The Morgan fingerprint density at radius 3 is 2.43 bits per heavy atom. The molecule has 0 bridgehead atoms. The van der Waals surface area contributed by atoms with Crippen molar-refractivity contribution >= 4 is 40.4 Å². The van der Waals surface area contributed by atoms with Crippen LogP contribution in [0.5, 0.6) is 0 Å². The summed E-state index contributed by atoms with van der Waals surface area (Å²) in [6, 6.07) is 0. The summed E-state index contributed by atoms with van der Waals surface area (Å²) < 4.78 is 15.8. The Morgan fingerprint density at radius 2 is 1.78 bits per heavy atom. The fourth-order valence-electron chi connectivity index (χ4n) is 3.49. The minimum absolute atomic E-state index is 0.0244. The Labute approximate surface area is 221 Å². The second-order valence-electron chi connectivity index (χ2n) is 9.62. The summed E-state index contributed by atoms with van der Waals surface area (Å²) in [5.41, 5.74) is -0.623. The Kier molecular flexibility index (Phi) is 14.9. The van der Waals surface area contributed by atoms with E-state index in [1.807, 2.05) is 13.8 Å². The van der Waals surface area contributed by atoms with Gasteiger partial charge in [0.2, 0.25) is 11.8 Å². The van der Waals surface area contributed by atoms with Crippen LogP contribution in [0.1, 0.15) is 59.3 Å². The second-order valence-corrected chi connectivity index (χ2v) is 10.8. The highest BCUT2D eigenvalue weighted by molar-refractivity contribution is 8.13. The van der Waals surface area contributed by atoms with Crippen molar-refractivity contribution in [2.24, 2.45) is 5.41 Å². The van der Waals surface area contributed by atoms with E-state index in [9.17, 15) is 34.2 Å². The lowest BCUT2D eigenvalue weighted by Gasteiger charge is -2.41. The summed E-state index contributed by atoms with van der Waals surface area (Å²) in [5.74, 6) is -1.28. The standard InChI is InChI=1S/C24H40N2O10S/c1-15(27)11-17(29)13-21-35-14-24(2,3)22(36-21)23(33)26-8-7-18(30)25-9-10-37-20(32)12-16(28)5-6-19(31)34-4/h15,17,21-22,27,29H,5-14H2,1-4H3,(H,25,30)(H,26,33)/t15?,17?,21?,22-/m0/s1. The van der Waals surface area contributed by atoms with Gasteiger partial charge in [-0.1, -0.05) is 25.6 Å². The molecule has 13 heteroatoms. The average Bonchev–Trinajstić information content (AvgIpc) is 2.80. The van der Waals surface area contributed by atoms with Crippen molar-refractivity contribution < 1.29 is 48.4 Å². The van der Waals surface area contributed by atoms with Crippen LogP contribution >= 0.6 is 11.8 Å². The molecule has 0 aromatic carbocycles. The molecule has 1 aliphatic rings. The molecule has 4 atom stereocenters. The third-order valence-electron chi connectivity index (χ3n) is 5.47. The lowest BCUT2D eigenvalue weighted by molar-refractivity contribution is -0.261. The van der Waals surface area contributed by atoms with E-state index in [0.29, 0.717) is 0 Å². The average molecular weight is 549 g/mol. The predicted octanol–water partition coefficient (Wildman–Crippen LogP) is 0.0707. The first-order valence-corrected chi connectivity index (χ1v) is 13.2. The molecule has 2 amide bonds. The monoisotopic (exact) mass is 548 g/mol. The van der Waals surface area contributed by atoms with Crippen LogP contribution in [0, 0.1) is 5.41 Å². The fourth-order valence-corrected chi connectivity index (χ4v) is 4.19. The van der Waals surface area contributed by atoms with Gasteiger partial charge in [-0.2, -0.15) is 0 Å². The molecule has 0 aromatic heterocycles. The number of carbonyl (C=O) groups is 5. The maximum atomic E-state index is 12.7. The lowest BCUT2D eigenvalue weighted by Crippen LogP contribution is -2.54. The molecular weight excluding hydrogens is 508 g/mol. The van der Waals surface area contributed by atoms with E-state index in [1.54, 1.807) is 6.92 Å². The normalized spacial score (nSPS) is 20.4. The molecule has 1 heterocycles. The molecule has 4 N–H and O–H groups in total. The molecule has 0 radical (unpaired) electrons. The minimum atomic E-state index is -0.842. The van der Waals surface area contributed by atoms with E-state index in [0.717, 1.165) is 11.8 Å². The largest absolute Gasteiger partial charge is 0.469 e. The first-order valence-electron chi connectivity index (χ1n) is 12.3. The summed E-state index contributed by atoms with van der Waals surface area (Å²) in [4.78, 5) is 59.2. The fraction of sp³-hybridized carbons (Fsp3) is 0.792.